The second-order valence-electron chi connectivity index (χ2n) is 5.97. The molecule has 0 aromatic heterocycles. The zero-order valence-electron chi connectivity index (χ0n) is 14.3. The monoisotopic (exact) mass is 375 g/mol. The molecule has 0 atom stereocenters. The molecule has 0 amide bonds. The van der Waals surface area contributed by atoms with E-state index in [1.807, 2.05) is 49.4 Å². The molecule has 1 heterocycles. The van der Waals surface area contributed by atoms with Gasteiger partial charge in [-0.25, -0.2) is 0 Å². The van der Waals surface area contributed by atoms with E-state index in [-0.39, 0.29) is 0 Å². The van der Waals surface area contributed by atoms with Gasteiger partial charge in [-0.1, -0.05) is 42.0 Å². The summed E-state index contributed by atoms with van der Waals surface area (Å²) < 4.78 is 11.7. The summed E-state index contributed by atoms with van der Waals surface area (Å²) in [6.45, 7) is 5.00. The Balaban J connectivity index is 1.77. The van der Waals surface area contributed by atoms with Gasteiger partial charge in [0.1, 0.15) is 11.6 Å². The van der Waals surface area contributed by atoms with E-state index in [4.69, 9.17) is 33.3 Å². The number of ether oxygens (including phenoxy) is 2. The van der Waals surface area contributed by atoms with Crippen LogP contribution in [0.4, 0.5) is 0 Å². The summed E-state index contributed by atoms with van der Waals surface area (Å²) in [4.78, 5) is 3.14. The van der Waals surface area contributed by atoms with Gasteiger partial charge >= 0.3 is 0 Å². The molecular weight excluding hydrogens is 354 g/mol. The van der Waals surface area contributed by atoms with Gasteiger partial charge in [0.15, 0.2) is 11.5 Å². The first-order valence-corrected chi connectivity index (χ1v) is 9.40. The molecule has 5 heteroatoms. The smallest absolute Gasteiger partial charge is 0.161 e. The van der Waals surface area contributed by atoms with Crippen molar-refractivity contribution in [1.29, 1.82) is 0 Å². The Kier molecular flexibility index (Phi) is 6.16. The van der Waals surface area contributed by atoms with Crippen LogP contribution in [-0.2, 0) is 6.61 Å². The Labute approximate surface area is 159 Å². The molecule has 0 unspecified atom stereocenters. The summed E-state index contributed by atoms with van der Waals surface area (Å²) >= 11 is 11.8. The molecule has 0 N–H and O–H groups in total. The number of hydrogen-bond donors (Lipinski definition) is 0. The molecule has 1 fully saturated rings. The fourth-order valence-electron chi connectivity index (χ4n) is 2.90. The van der Waals surface area contributed by atoms with Crippen LogP contribution in [0.1, 0.15) is 30.9 Å². The van der Waals surface area contributed by atoms with Crippen LogP contribution >= 0.6 is 23.8 Å². The molecule has 132 valence electrons. The standard InChI is InChI=1S/C20H22ClNO2S/c1-2-23-19-13-15(20(25)22-11-5-6-12-22)9-10-18(19)24-14-16-7-3-4-8-17(16)21/h3-4,7-10,13H,2,5-6,11-12,14H2,1H3. The number of thiocarbonyl (C=S) groups is 1. The lowest BCUT2D eigenvalue weighted by Crippen LogP contribution is -2.26. The van der Waals surface area contributed by atoms with E-state index in [2.05, 4.69) is 4.90 Å². The lowest BCUT2D eigenvalue weighted by Gasteiger charge is -2.20. The Bertz CT molecular complexity index is 744. The summed E-state index contributed by atoms with van der Waals surface area (Å²) in [6.07, 6.45) is 2.41. The van der Waals surface area contributed by atoms with Crippen LogP contribution in [0, 0.1) is 0 Å². The summed E-state index contributed by atoms with van der Waals surface area (Å²) in [5.74, 6) is 1.42. The van der Waals surface area contributed by atoms with E-state index < -0.39 is 0 Å². The lowest BCUT2D eigenvalue weighted by atomic mass is 10.2. The molecular formula is C20H22ClNO2S. The van der Waals surface area contributed by atoms with Gasteiger partial charge < -0.3 is 14.4 Å². The Morgan fingerprint density at radius 1 is 1.08 bits per heavy atom. The average Bonchev–Trinajstić information content (AvgIpc) is 3.16. The predicted molar refractivity (Wildman–Crippen MR) is 106 cm³/mol. The van der Waals surface area contributed by atoms with Crippen LogP contribution in [0.25, 0.3) is 0 Å². The van der Waals surface area contributed by atoms with Crippen LogP contribution in [-0.4, -0.2) is 29.6 Å². The summed E-state index contributed by atoms with van der Waals surface area (Å²) in [6, 6.07) is 13.6. The first kappa shape index (κ1) is 18.0. The Morgan fingerprint density at radius 3 is 2.56 bits per heavy atom. The first-order valence-electron chi connectivity index (χ1n) is 8.61. The molecule has 0 bridgehead atoms. The van der Waals surface area contributed by atoms with Gasteiger partial charge in [-0.05, 0) is 44.0 Å². The number of nitrogens with zero attached hydrogens (tertiary/aromatic N) is 1. The third kappa shape index (κ3) is 4.44. The number of benzene rings is 2. The third-order valence-electron chi connectivity index (χ3n) is 4.22. The van der Waals surface area contributed by atoms with Gasteiger partial charge in [-0.3, -0.25) is 0 Å². The lowest BCUT2D eigenvalue weighted by molar-refractivity contribution is 0.269. The van der Waals surface area contributed by atoms with Crippen molar-refractivity contribution in [3.8, 4) is 11.5 Å². The molecule has 0 spiro atoms. The molecule has 1 aliphatic heterocycles. The second kappa shape index (κ2) is 8.54. The van der Waals surface area contributed by atoms with Crippen LogP contribution in [0.5, 0.6) is 11.5 Å². The summed E-state index contributed by atoms with van der Waals surface area (Å²) in [7, 11) is 0. The highest BCUT2D eigenvalue weighted by Crippen LogP contribution is 2.31. The average molecular weight is 376 g/mol. The van der Waals surface area contributed by atoms with E-state index in [1.165, 1.54) is 12.8 Å². The third-order valence-corrected chi connectivity index (χ3v) is 5.09. The van der Waals surface area contributed by atoms with Crippen LogP contribution in [0.2, 0.25) is 5.02 Å². The number of rotatable bonds is 6. The highest BCUT2D eigenvalue weighted by Gasteiger charge is 2.18. The maximum atomic E-state index is 6.20. The molecule has 0 radical (unpaired) electrons. The van der Waals surface area contributed by atoms with E-state index in [0.717, 1.165) is 29.2 Å². The normalized spacial score (nSPS) is 13.8. The van der Waals surface area contributed by atoms with Gasteiger partial charge in [0.2, 0.25) is 0 Å². The van der Waals surface area contributed by atoms with Crippen molar-refractivity contribution in [1.82, 2.24) is 4.90 Å². The quantitative estimate of drug-likeness (QED) is 0.655. The van der Waals surface area contributed by atoms with Crippen molar-refractivity contribution in [3.63, 3.8) is 0 Å². The van der Waals surface area contributed by atoms with E-state index >= 15 is 0 Å². The molecule has 1 saturated heterocycles. The van der Waals surface area contributed by atoms with Crippen molar-refractivity contribution in [2.75, 3.05) is 19.7 Å². The van der Waals surface area contributed by atoms with Crippen LogP contribution in [0.3, 0.4) is 0 Å². The van der Waals surface area contributed by atoms with Crippen molar-refractivity contribution < 1.29 is 9.47 Å². The van der Waals surface area contributed by atoms with E-state index in [0.29, 0.717) is 29.7 Å². The van der Waals surface area contributed by atoms with Crippen molar-refractivity contribution in [2.24, 2.45) is 0 Å². The van der Waals surface area contributed by atoms with E-state index in [9.17, 15) is 0 Å². The minimum Gasteiger partial charge on any atom is -0.490 e. The Morgan fingerprint density at radius 2 is 1.84 bits per heavy atom. The highest BCUT2D eigenvalue weighted by atomic mass is 35.5. The first-order chi connectivity index (χ1) is 12.2. The molecule has 3 nitrogen and oxygen atoms in total. The minimum atomic E-state index is 0.398. The van der Waals surface area contributed by atoms with Crippen molar-refractivity contribution in [2.45, 2.75) is 26.4 Å². The molecule has 0 saturated carbocycles. The van der Waals surface area contributed by atoms with Crippen LogP contribution < -0.4 is 9.47 Å². The van der Waals surface area contributed by atoms with Crippen molar-refractivity contribution in [3.05, 3.63) is 58.6 Å². The number of hydrogen-bond acceptors (Lipinski definition) is 3. The van der Waals surface area contributed by atoms with Gasteiger partial charge in [-0.15, -0.1) is 0 Å². The fraction of sp³-hybridized carbons (Fsp3) is 0.350. The molecule has 2 aromatic rings. The Hall–Kier alpha value is -1.78. The molecule has 25 heavy (non-hydrogen) atoms. The molecule has 3 rings (SSSR count). The van der Waals surface area contributed by atoms with Gasteiger partial charge in [0.05, 0.1) is 6.61 Å². The predicted octanol–water partition coefficient (Wildman–Crippen LogP) is 5.09. The second-order valence-corrected chi connectivity index (χ2v) is 6.77. The summed E-state index contributed by atoms with van der Waals surface area (Å²) in [5.41, 5.74) is 1.95. The topological polar surface area (TPSA) is 21.7 Å². The van der Waals surface area contributed by atoms with Gasteiger partial charge in [0.25, 0.3) is 0 Å². The van der Waals surface area contributed by atoms with E-state index in [1.54, 1.807) is 0 Å². The highest BCUT2D eigenvalue weighted by molar-refractivity contribution is 7.80. The molecule has 0 aliphatic carbocycles. The van der Waals surface area contributed by atoms with Gasteiger partial charge in [-0.2, -0.15) is 0 Å². The zero-order chi connectivity index (χ0) is 17.6. The number of halogens is 1. The molecule has 1 aliphatic rings. The van der Waals surface area contributed by atoms with Crippen molar-refractivity contribution >= 4 is 28.8 Å². The number of likely N-dealkylation sites (tertiary alicyclic amines) is 1. The largest absolute Gasteiger partial charge is 0.490 e. The van der Waals surface area contributed by atoms with Gasteiger partial charge in [0, 0.05) is 29.2 Å². The maximum absolute atomic E-state index is 6.20. The van der Waals surface area contributed by atoms with Crippen LogP contribution in [0.15, 0.2) is 42.5 Å². The molecule has 2 aromatic carbocycles. The fourth-order valence-corrected chi connectivity index (χ4v) is 3.40. The minimum absolute atomic E-state index is 0.398. The maximum Gasteiger partial charge on any atom is 0.161 e. The summed E-state index contributed by atoms with van der Waals surface area (Å²) in [5, 5.41) is 0.701. The SMILES string of the molecule is CCOc1cc(C(=S)N2CCCC2)ccc1OCc1ccccc1Cl. The zero-order valence-corrected chi connectivity index (χ0v) is 15.9.